The molecule has 0 spiro atoms. The maximum absolute atomic E-state index is 12.1. The molecule has 0 rings (SSSR count). The zero-order valence-corrected chi connectivity index (χ0v) is 13.6. The number of hydrogen-bond donors (Lipinski definition) is 1. The molecule has 21 heavy (non-hydrogen) atoms. The van der Waals surface area contributed by atoms with Crippen molar-refractivity contribution in [3.63, 3.8) is 0 Å². The van der Waals surface area contributed by atoms with Crippen LogP contribution in [-0.4, -0.2) is 58.4 Å². The summed E-state index contributed by atoms with van der Waals surface area (Å²) in [6.07, 6.45) is 1.09. The molecule has 0 atom stereocenters. The van der Waals surface area contributed by atoms with Gasteiger partial charge in [-0.3, -0.25) is 14.4 Å². The molecule has 0 aliphatic heterocycles. The third-order valence-corrected chi connectivity index (χ3v) is 3.41. The van der Waals surface area contributed by atoms with E-state index in [9.17, 15) is 14.4 Å². The summed E-state index contributed by atoms with van der Waals surface area (Å²) in [6.45, 7) is 9.16. The Kier molecular flexibility index (Phi) is 9.41. The van der Waals surface area contributed by atoms with Gasteiger partial charge in [-0.2, -0.15) is 0 Å². The summed E-state index contributed by atoms with van der Waals surface area (Å²) in [7, 11) is 0. The number of carbonyl (C=O) groups is 3. The van der Waals surface area contributed by atoms with Crippen LogP contribution in [0.3, 0.4) is 0 Å². The van der Waals surface area contributed by atoms with Crippen molar-refractivity contribution in [2.24, 2.45) is 0 Å². The lowest BCUT2D eigenvalue weighted by molar-refractivity contribution is -0.139. The standard InChI is InChI=1S/C15H28N2O4/c1-5-16(6-2)13(18)8-7-9-14(19)17(12(3)4)11-10-15(20)21/h12H,5-11H2,1-4H3,(H,20,21). The number of rotatable bonds is 10. The van der Waals surface area contributed by atoms with Crippen LogP contribution >= 0.6 is 0 Å². The number of nitrogens with zero attached hydrogens (tertiary/aromatic N) is 2. The normalized spacial score (nSPS) is 10.5. The second-order valence-electron chi connectivity index (χ2n) is 5.24. The van der Waals surface area contributed by atoms with E-state index in [4.69, 9.17) is 5.11 Å². The summed E-state index contributed by atoms with van der Waals surface area (Å²) in [5.41, 5.74) is 0. The maximum Gasteiger partial charge on any atom is 0.305 e. The quantitative estimate of drug-likeness (QED) is 0.666. The van der Waals surface area contributed by atoms with E-state index < -0.39 is 5.97 Å². The summed E-state index contributed by atoms with van der Waals surface area (Å²) in [4.78, 5) is 37.8. The minimum atomic E-state index is -0.912. The first-order chi connectivity index (χ1) is 9.83. The number of carbonyl (C=O) groups excluding carboxylic acids is 2. The second kappa shape index (κ2) is 10.2. The van der Waals surface area contributed by atoms with Crippen LogP contribution in [0, 0.1) is 0 Å². The van der Waals surface area contributed by atoms with Gasteiger partial charge >= 0.3 is 5.97 Å². The first kappa shape index (κ1) is 19.4. The van der Waals surface area contributed by atoms with Crippen LogP contribution in [0.25, 0.3) is 0 Å². The molecule has 0 aromatic carbocycles. The fraction of sp³-hybridized carbons (Fsp3) is 0.800. The van der Waals surface area contributed by atoms with Gasteiger partial charge in [0.05, 0.1) is 6.42 Å². The van der Waals surface area contributed by atoms with Crippen molar-refractivity contribution in [3.8, 4) is 0 Å². The summed E-state index contributed by atoms with van der Waals surface area (Å²) < 4.78 is 0. The van der Waals surface area contributed by atoms with Crippen molar-refractivity contribution >= 4 is 17.8 Å². The Balaban J connectivity index is 4.25. The first-order valence-electron chi connectivity index (χ1n) is 7.62. The van der Waals surface area contributed by atoms with Gasteiger partial charge in [0.25, 0.3) is 0 Å². The molecule has 6 nitrogen and oxygen atoms in total. The molecule has 0 saturated carbocycles. The molecule has 2 amide bonds. The zero-order valence-electron chi connectivity index (χ0n) is 13.6. The Morgan fingerprint density at radius 2 is 1.48 bits per heavy atom. The highest BCUT2D eigenvalue weighted by atomic mass is 16.4. The summed E-state index contributed by atoms with van der Waals surface area (Å²) in [5, 5.41) is 8.70. The number of carboxylic acids is 1. The van der Waals surface area contributed by atoms with Crippen molar-refractivity contribution < 1.29 is 19.5 Å². The Morgan fingerprint density at radius 3 is 1.90 bits per heavy atom. The molecule has 6 heteroatoms. The first-order valence-corrected chi connectivity index (χ1v) is 7.62. The van der Waals surface area contributed by atoms with E-state index in [1.165, 1.54) is 0 Å². The molecule has 0 aromatic rings. The molecule has 0 aliphatic carbocycles. The molecule has 0 unspecified atom stereocenters. The number of amides is 2. The van der Waals surface area contributed by atoms with Gasteiger partial charge in [-0.15, -0.1) is 0 Å². The van der Waals surface area contributed by atoms with Gasteiger partial charge in [0.2, 0.25) is 11.8 Å². The highest BCUT2D eigenvalue weighted by molar-refractivity contribution is 5.79. The van der Waals surface area contributed by atoms with Crippen molar-refractivity contribution in [3.05, 3.63) is 0 Å². The van der Waals surface area contributed by atoms with Crippen LogP contribution < -0.4 is 0 Å². The van der Waals surface area contributed by atoms with Crippen LogP contribution in [0.5, 0.6) is 0 Å². The Hall–Kier alpha value is -1.59. The van der Waals surface area contributed by atoms with Gasteiger partial charge < -0.3 is 14.9 Å². The van der Waals surface area contributed by atoms with Gasteiger partial charge in [-0.25, -0.2) is 0 Å². The van der Waals surface area contributed by atoms with E-state index in [0.29, 0.717) is 25.9 Å². The lowest BCUT2D eigenvalue weighted by Crippen LogP contribution is -2.38. The summed E-state index contributed by atoms with van der Waals surface area (Å²) in [6, 6.07) is -0.0321. The van der Waals surface area contributed by atoms with E-state index in [1.807, 2.05) is 27.7 Å². The molecular weight excluding hydrogens is 272 g/mol. The van der Waals surface area contributed by atoms with E-state index in [-0.39, 0.29) is 37.2 Å². The maximum atomic E-state index is 12.1. The van der Waals surface area contributed by atoms with Gasteiger partial charge in [-0.05, 0) is 34.1 Å². The van der Waals surface area contributed by atoms with Gasteiger partial charge in [0.1, 0.15) is 0 Å². The third-order valence-electron chi connectivity index (χ3n) is 3.41. The van der Waals surface area contributed by atoms with Gasteiger partial charge in [0.15, 0.2) is 0 Å². The summed E-state index contributed by atoms with van der Waals surface area (Å²) >= 11 is 0. The van der Waals surface area contributed by atoms with Crippen LogP contribution in [0.1, 0.15) is 53.4 Å². The van der Waals surface area contributed by atoms with E-state index in [0.717, 1.165) is 0 Å². The van der Waals surface area contributed by atoms with Crippen molar-refractivity contribution in [1.29, 1.82) is 0 Å². The SMILES string of the molecule is CCN(CC)C(=O)CCCC(=O)N(CCC(=O)O)C(C)C. The highest BCUT2D eigenvalue weighted by Crippen LogP contribution is 2.08. The van der Waals surface area contributed by atoms with Crippen molar-refractivity contribution in [2.45, 2.75) is 59.4 Å². The second-order valence-corrected chi connectivity index (χ2v) is 5.24. The van der Waals surface area contributed by atoms with Crippen LogP contribution in [0.15, 0.2) is 0 Å². The summed E-state index contributed by atoms with van der Waals surface area (Å²) in [5.74, 6) is -0.932. The molecule has 1 N–H and O–H groups in total. The smallest absolute Gasteiger partial charge is 0.305 e. The van der Waals surface area contributed by atoms with Crippen LogP contribution in [-0.2, 0) is 14.4 Å². The molecule has 0 heterocycles. The number of aliphatic carboxylic acids is 1. The fourth-order valence-corrected chi connectivity index (χ4v) is 2.16. The predicted molar refractivity (Wildman–Crippen MR) is 80.9 cm³/mol. The van der Waals surface area contributed by atoms with E-state index >= 15 is 0 Å². The molecule has 0 aromatic heterocycles. The van der Waals surface area contributed by atoms with Crippen molar-refractivity contribution in [2.75, 3.05) is 19.6 Å². The number of carboxylic acid groups (broad SMARTS) is 1. The molecular formula is C15H28N2O4. The Bertz CT molecular complexity index is 352. The minimum absolute atomic E-state index is 0.0321. The zero-order chi connectivity index (χ0) is 16.4. The van der Waals surface area contributed by atoms with Crippen LogP contribution in [0.4, 0.5) is 0 Å². The molecule has 0 radical (unpaired) electrons. The van der Waals surface area contributed by atoms with E-state index in [1.54, 1.807) is 9.80 Å². The average Bonchev–Trinajstić information content (AvgIpc) is 2.39. The number of hydrogen-bond acceptors (Lipinski definition) is 3. The topological polar surface area (TPSA) is 77.9 Å². The van der Waals surface area contributed by atoms with Gasteiger partial charge in [0, 0.05) is 38.5 Å². The Labute approximate surface area is 127 Å². The molecule has 122 valence electrons. The lowest BCUT2D eigenvalue weighted by atomic mass is 10.1. The largest absolute Gasteiger partial charge is 0.481 e. The molecule has 0 aliphatic rings. The monoisotopic (exact) mass is 300 g/mol. The van der Waals surface area contributed by atoms with E-state index in [2.05, 4.69) is 0 Å². The average molecular weight is 300 g/mol. The Morgan fingerprint density at radius 1 is 0.952 bits per heavy atom. The third kappa shape index (κ3) is 7.68. The molecule has 0 saturated heterocycles. The molecule has 0 fully saturated rings. The lowest BCUT2D eigenvalue weighted by Gasteiger charge is -2.26. The minimum Gasteiger partial charge on any atom is -0.481 e. The van der Waals surface area contributed by atoms with Gasteiger partial charge in [-0.1, -0.05) is 0 Å². The fourth-order valence-electron chi connectivity index (χ4n) is 2.16. The van der Waals surface area contributed by atoms with Crippen LogP contribution in [0.2, 0.25) is 0 Å². The highest BCUT2D eigenvalue weighted by Gasteiger charge is 2.18. The predicted octanol–water partition coefficient (Wildman–Crippen LogP) is 1.74. The molecule has 0 bridgehead atoms. The van der Waals surface area contributed by atoms with Crippen molar-refractivity contribution in [1.82, 2.24) is 9.80 Å².